The zero-order chi connectivity index (χ0) is 12.5. The van der Waals surface area contributed by atoms with Gasteiger partial charge in [-0.15, -0.1) is 11.8 Å². The minimum absolute atomic E-state index is 0.00614. The molecule has 1 rings (SSSR count). The fraction of sp³-hybridized carbons (Fsp3) is 0.818. The highest BCUT2D eigenvalue weighted by molar-refractivity contribution is 8.00. The molecule has 0 saturated carbocycles. The van der Waals surface area contributed by atoms with Crippen LogP contribution in [0.1, 0.15) is 13.3 Å². The van der Waals surface area contributed by atoms with Gasteiger partial charge in [-0.3, -0.25) is 9.59 Å². The Bertz CT molecular complexity index is 255. The molecule has 1 saturated heterocycles. The zero-order valence-electron chi connectivity index (χ0n) is 10.2. The molecule has 17 heavy (non-hydrogen) atoms. The van der Waals surface area contributed by atoms with Gasteiger partial charge in [-0.1, -0.05) is 6.92 Å². The number of nitrogens with one attached hydrogen (secondary N) is 1. The van der Waals surface area contributed by atoms with Gasteiger partial charge in [0, 0.05) is 19.6 Å². The third kappa shape index (κ3) is 5.93. The minimum atomic E-state index is 0.00614. The first-order chi connectivity index (χ1) is 8.24. The molecule has 0 bridgehead atoms. The zero-order valence-corrected chi connectivity index (χ0v) is 11.1. The van der Waals surface area contributed by atoms with E-state index in [-0.39, 0.29) is 11.8 Å². The minimum Gasteiger partial charge on any atom is -0.378 e. The Hall–Kier alpha value is -0.750. The lowest BCUT2D eigenvalue weighted by atomic mass is 10.4. The quantitative estimate of drug-likeness (QED) is 0.736. The van der Waals surface area contributed by atoms with Gasteiger partial charge in [0.15, 0.2) is 0 Å². The summed E-state index contributed by atoms with van der Waals surface area (Å²) in [6.07, 6.45) is 0.934. The lowest BCUT2D eigenvalue weighted by Gasteiger charge is -2.26. The predicted octanol–water partition coefficient (Wildman–Crippen LogP) is 0.105. The molecular formula is C11H20N2O3S. The normalized spacial score (nSPS) is 15.7. The van der Waals surface area contributed by atoms with E-state index < -0.39 is 0 Å². The Morgan fingerprint density at radius 1 is 1.29 bits per heavy atom. The average molecular weight is 260 g/mol. The highest BCUT2D eigenvalue weighted by Crippen LogP contribution is 2.04. The summed E-state index contributed by atoms with van der Waals surface area (Å²) < 4.78 is 5.17. The molecule has 0 spiro atoms. The Kier molecular flexibility index (Phi) is 7.04. The summed E-state index contributed by atoms with van der Waals surface area (Å²) in [7, 11) is 0. The molecule has 1 heterocycles. The molecule has 2 amide bonds. The first-order valence-electron chi connectivity index (χ1n) is 5.94. The summed E-state index contributed by atoms with van der Waals surface area (Å²) in [6.45, 7) is 5.29. The summed E-state index contributed by atoms with van der Waals surface area (Å²) in [6, 6.07) is 0. The maximum atomic E-state index is 11.7. The number of ether oxygens (including phenoxy) is 1. The maximum absolute atomic E-state index is 11.7. The van der Waals surface area contributed by atoms with E-state index in [2.05, 4.69) is 5.32 Å². The van der Waals surface area contributed by atoms with Crippen LogP contribution in [0.25, 0.3) is 0 Å². The van der Waals surface area contributed by atoms with Crippen molar-refractivity contribution in [2.24, 2.45) is 0 Å². The Balaban J connectivity index is 2.08. The van der Waals surface area contributed by atoms with Crippen LogP contribution in [0.3, 0.4) is 0 Å². The smallest absolute Gasteiger partial charge is 0.232 e. The Morgan fingerprint density at radius 2 is 2.00 bits per heavy atom. The lowest BCUT2D eigenvalue weighted by molar-refractivity contribution is -0.132. The van der Waals surface area contributed by atoms with Crippen molar-refractivity contribution in [1.29, 1.82) is 0 Å². The standard InChI is InChI=1S/C11H20N2O3S/c1-2-3-12-10(14)8-17-9-11(15)13-4-6-16-7-5-13/h2-9H2,1H3,(H,12,14). The lowest BCUT2D eigenvalue weighted by Crippen LogP contribution is -2.41. The third-order valence-corrected chi connectivity index (χ3v) is 3.31. The van der Waals surface area contributed by atoms with Crippen molar-refractivity contribution in [1.82, 2.24) is 10.2 Å². The van der Waals surface area contributed by atoms with E-state index in [9.17, 15) is 9.59 Å². The molecule has 5 nitrogen and oxygen atoms in total. The molecule has 1 aliphatic rings. The van der Waals surface area contributed by atoms with Crippen LogP contribution in [-0.2, 0) is 14.3 Å². The summed E-state index contributed by atoms with van der Waals surface area (Å²) in [5.41, 5.74) is 0. The van der Waals surface area contributed by atoms with E-state index in [0.29, 0.717) is 44.4 Å². The van der Waals surface area contributed by atoms with Crippen LogP contribution in [0.2, 0.25) is 0 Å². The Morgan fingerprint density at radius 3 is 2.65 bits per heavy atom. The predicted molar refractivity (Wildman–Crippen MR) is 68.0 cm³/mol. The van der Waals surface area contributed by atoms with Gasteiger partial charge in [-0.2, -0.15) is 0 Å². The van der Waals surface area contributed by atoms with Gasteiger partial charge in [-0.25, -0.2) is 0 Å². The molecule has 0 unspecified atom stereocenters. The molecule has 6 heteroatoms. The fourth-order valence-electron chi connectivity index (χ4n) is 1.45. The van der Waals surface area contributed by atoms with Gasteiger partial charge in [0.25, 0.3) is 0 Å². The average Bonchev–Trinajstić information content (AvgIpc) is 2.37. The van der Waals surface area contributed by atoms with Crippen molar-refractivity contribution in [3.63, 3.8) is 0 Å². The van der Waals surface area contributed by atoms with Gasteiger partial charge >= 0.3 is 0 Å². The monoisotopic (exact) mass is 260 g/mol. The molecule has 0 radical (unpaired) electrons. The van der Waals surface area contributed by atoms with Gasteiger partial charge < -0.3 is 15.0 Å². The Labute approximate surface area is 106 Å². The number of amides is 2. The summed E-state index contributed by atoms with van der Waals surface area (Å²) in [4.78, 5) is 24.8. The van der Waals surface area contributed by atoms with Crippen molar-refractivity contribution >= 4 is 23.6 Å². The van der Waals surface area contributed by atoms with E-state index >= 15 is 0 Å². The van der Waals surface area contributed by atoms with Gasteiger partial charge in [0.1, 0.15) is 0 Å². The van der Waals surface area contributed by atoms with Crippen LogP contribution >= 0.6 is 11.8 Å². The SMILES string of the molecule is CCCNC(=O)CSCC(=O)N1CCOCC1. The van der Waals surface area contributed by atoms with Crippen LogP contribution in [0, 0.1) is 0 Å². The van der Waals surface area contributed by atoms with Crippen molar-refractivity contribution < 1.29 is 14.3 Å². The largest absolute Gasteiger partial charge is 0.378 e. The first-order valence-corrected chi connectivity index (χ1v) is 7.09. The number of hydrogen-bond donors (Lipinski definition) is 1. The molecule has 1 N–H and O–H groups in total. The molecule has 0 aromatic carbocycles. The van der Waals surface area contributed by atoms with E-state index in [1.165, 1.54) is 11.8 Å². The number of carbonyl (C=O) groups excluding carboxylic acids is 2. The van der Waals surface area contributed by atoms with Crippen LogP contribution < -0.4 is 5.32 Å². The molecular weight excluding hydrogens is 240 g/mol. The second-order valence-electron chi connectivity index (χ2n) is 3.84. The molecule has 1 fully saturated rings. The number of thioether (sulfide) groups is 1. The topological polar surface area (TPSA) is 58.6 Å². The van der Waals surface area contributed by atoms with Crippen LogP contribution in [-0.4, -0.2) is 61.1 Å². The molecule has 0 aliphatic carbocycles. The molecule has 1 aliphatic heterocycles. The number of nitrogens with zero attached hydrogens (tertiary/aromatic N) is 1. The van der Waals surface area contributed by atoms with Crippen molar-refractivity contribution in [3.8, 4) is 0 Å². The van der Waals surface area contributed by atoms with Gasteiger partial charge in [0.2, 0.25) is 11.8 Å². The van der Waals surface area contributed by atoms with Crippen molar-refractivity contribution in [3.05, 3.63) is 0 Å². The highest BCUT2D eigenvalue weighted by Gasteiger charge is 2.16. The highest BCUT2D eigenvalue weighted by atomic mass is 32.2. The number of hydrogen-bond acceptors (Lipinski definition) is 4. The molecule has 0 aromatic rings. The second-order valence-corrected chi connectivity index (χ2v) is 4.82. The summed E-state index contributed by atoms with van der Waals surface area (Å²) in [5.74, 6) is 0.837. The molecule has 98 valence electrons. The summed E-state index contributed by atoms with van der Waals surface area (Å²) >= 11 is 1.37. The summed E-state index contributed by atoms with van der Waals surface area (Å²) in [5, 5.41) is 2.78. The maximum Gasteiger partial charge on any atom is 0.232 e. The fourth-order valence-corrected chi connectivity index (χ4v) is 2.20. The van der Waals surface area contributed by atoms with E-state index in [4.69, 9.17) is 4.74 Å². The second kappa shape index (κ2) is 8.36. The molecule has 0 aromatic heterocycles. The van der Waals surface area contributed by atoms with Gasteiger partial charge in [-0.05, 0) is 6.42 Å². The number of rotatable bonds is 6. The van der Waals surface area contributed by atoms with Crippen LogP contribution in [0.5, 0.6) is 0 Å². The third-order valence-electron chi connectivity index (χ3n) is 2.39. The van der Waals surface area contributed by atoms with Gasteiger partial charge in [0.05, 0.1) is 24.7 Å². The number of morpholine rings is 1. The van der Waals surface area contributed by atoms with E-state index in [0.717, 1.165) is 6.42 Å². The first kappa shape index (κ1) is 14.3. The van der Waals surface area contributed by atoms with Crippen molar-refractivity contribution in [2.45, 2.75) is 13.3 Å². The molecule has 0 atom stereocenters. The van der Waals surface area contributed by atoms with Crippen molar-refractivity contribution in [2.75, 3.05) is 44.4 Å². The van der Waals surface area contributed by atoms with E-state index in [1.807, 2.05) is 6.92 Å². The van der Waals surface area contributed by atoms with E-state index in [1.54, 1.807) is 4.90 Å². The number of carbonyl (C=O) groups is 2. The van der Waals surface area contributed by atoms with Crippen LogP contribution in [0.15, 0.2) is 0 Å². The van der Waals surface area contributed by atoms with Crippen LogP contribution in [0.4, 0.5) is 0 Å².